The average molecular weight is 394 g/mol. The Balaban J connectivity index is 1.76. The number of carbonyl (C=O) groups is 3. The van der Waals surface area contributed by atoms with Gasteiger partial charge in [-0.2, -0.15) is 0 Å². The molecule has 2 unspecified atom stereocenters. The number of likely N-dealkylation sites (tertiary alicyclic amines) is 1. The van der Waals surface area contributed by atoms with Crippen LogP contribution >= 0.6 is 0 Å². The number of carboxylic acid groups (broad SMARTS) is 1. The molecule has 1 heterocycles. The second-order valence-electron chi connectivity index (χ2n) is 7.62. The quantitative estimate of drug-likeness (QED) is 0.745. The molecule has 2 aliphatic rings. The summed E-state index contributed by atoms with van der Waals surface area (Å²) in [6.07, 6.45) is 1.09. The first kappa shape index (κ1) is 20.2. The zero-order chi connectivity index (χ0) is 20.3. The molecule has 1 saturated carbocycles. The van der Waals surface area contributed by atoms with E-state index in [2.05, 4.69) is 5.32 Å². The second-order valence-corrected chi connectivity index (χ2v) is 7.62. The number of halogens is 2. The van der Waals surface area contributed by atoms with Crippen molar-refractivity contribution in [2.45, 2.75) is 56.5 Å². The highest BCUT2D eigenvalue weighted by Gasteiger charge is 2.47. The van der Waals surface area contributed by atoms with Gasteiger partial charge >= 0.3 is 5.97 Å². The molecule has 0 radical (unpaired) electrons. The smallest absolute Gasteiger partial charge is 0.326 e. The van der Waals surface area contributed by atoms with Crippen LogP contribution in [-0.4, -0.2) is 46.3 Å². The molecule has 2 fully saturated rings. The van der Waals surface area contributed by atoms with Crippen molar-refractivity contribution in [1.82, 2.24) is 10.2 Å². The van der Waals surface area contributed by atoms with E-state index in [0.717, 1.165) is 12.8 Å². The minimum Gasteiger partial charge on any atom is -0.480 e. The maximum atomic E-state index is 13.1. The van der Waals surface area contributed by atoms with Gasteiger partial charge in [-0.15, -0.1) is 0 Å². The maximum Gasteiger partial charge on any atom is 0.326 e. The molecule has 6 nitrogen and oxygen atoms in total. The lowest BCUT2D eigenvalue weighted by Gasteiger charge is -2.37. The van der Waals surface area contributed by atoms with E-state index in [4.69, 9.17) is 0 Å². The first-order valence-corrected chi connectivity index (χ1v) is 9.52. The van der Waals surface area contributed by atoms with Crippen LogP contribution in [0.3, 0.4) is 0 Å². The Morgan fingerprint density at radius 3 is 2.46 bits per heavy atom. The van der Waals surface area contributed by atoms with Gasteiger partial charge in [0.05, 0.1) is 0 Å². The molecule has 0 aromatic heterocycles. The number of nitrogens with one attached hydrogen (secondary N) is 1. The Morgan fingerprint density at radius 1 is 1.21 bits per heavy atom. The van der Waals surface area contributed by atoms with Crippen LogP contribution in [0.5, 0.6) is 0 Å². The monoisotopic (exact) mass is 394 g/mol. The standard InChI is InChI=1S/C20H24F2N2O4/c21-20(22)11-13(12-20)10-15(19(27)28)23-18(26)17(14-6-2-1-3-7-14)24-9-5-4-8-16(24)25/h1-3,6-7,13,15,17H,4-5,8-12H2,(H,23,26)(H,27,28). The van der Waals surface area contributed by atoms with E-state index in [0.29, 0.717) is 18.5 Å². The van der Waals surface area contributed by atoms with Gasteiger partial charge < -0.3 is 15.3 Å². The van der Waals surface area contributed by atoms with Gasteiger partial charge in [-0.3, -0.25) is 9.59 Å². The van der Waals surface area contributed by atoms with Gasteiger partial charge in [-0.25, -0.2) is 13.6 Å². The maximum absolute atomic E-state index is 13.1. The number of rotatable bonds is 7. The van der Waals surface area contributed by atoms with Crippen molar-refractivity contribution in [2.75, 3.05) is 6.54 Å². The molecule has 2 amide bonds. The van der Waals surface area contributed by atoms with Crippen LogP contribution in [0.15, 0.2) is 30.3 Å². The van der Waals surface area contributed by atoms with Crippen molar-refractivity contribution < 1.29 is 28.3 Å². The molecule has 0 bridgehead atoms. The molecule has 0 spiro atoms. The molecule has 2 atom stereocenters. The van der Waals surface area contributed by atoms with Crippen molar-refractivity contribution in [3.8, 4) is 0 Å². The highest BCUT2D eigenvalue weighted by atomic mass is 19.3. The van der Waals surface area contributed by atoms with E-state index in [1.54, 1.807) is 30.3 Å². The van der Waals surface area contributed by atoms with Gasteiger partial charge in [0.1, 0.15) is 12.1 Å². The van der Waals surface area contributed by atoms with Crippen LogP contribution in [-0.2, 0) is 14.4 Å². The van der Waals surface area contributed by atoms with Gasteiger partial charge in [-0.1, -0.05) is 30.3 Å². The molecule has 3 rings (SSSR count). The third-order valence-electron chi connectivity index (χ3n) is 5.39. The molecule has 152 valence electrons. The van der Waals surface area contributed by atoms with Crippen molar-refractivity contribution in [2.24, 2.45) is 5.92 Å². The number of piperidine rings is 1. The van der Waals surface area contributed by atoms with Crippen LogP contribution in [0, 0.1) is 5.92 Å². The van der Waals surface area contributed by atoms with Crippen LogP contribution in [0.2, 0.25) is 0 Å². The number of carbonyl (C=O) groups excluding carboxylic acids is 2. The predicted molar refractivity (Wildman–Crippen MR) is 96.6 cm³/mol. The summed E-state index contributed by atoms with van der Waals surface area (Å²) in [4.78, 5) is 38.5. The molecule has 1 aromatic rings. The molecule has 2 N–H and O–H groups in total. The number of benzene rings is 1. The number of hydrogen-bond acceptors (Lipinski definition) is 3. The molecule has 1 saturated heterocycles. The van der Waals surface area contributed by atoms with E-state index in [1.807, 2.05) is 0 Å². The van der Waals surface area contributed by atoms with Gasteiger partial charge in [0.25, 0.3) is 0 Å². The summed E-state index contributed by atoms with van der Waals surface area (Å²) in [5.41, 5.74) is 0.592. The van der Waals surface area contributed by atoms with E-state index in [1.165, 1.54) is 4.90 Å². The summed E-state index contributed by atoms with van der Waals surface area (Å²) in [7, 11) is 0. The largest absolute Gasteiger partial charge is 0.480 e. The lowest BCUT2D eigenvalue weighted by molar-refractivity contribution is -0.149. The number of alkyl halides is 2. The minimum atomic E-state index is -2.75. The number of aliphatic carboxylic acids is 1. The number of carboxylic acids is 1. The number of hydrogen-bond donors (Lipinski definition) is 2. The van der Waals surface area contributed by atoms with E-state index < -0.39 is 35.8 Å². The van der Waals surface area contributed by atoms with Gasteiger partial charge in [-0.05, 0) is 30.7 Å². The lowest BCUT2D eigenvalue weighted by atomic mass is 9.77. The first-order valence-electron chi connectivity index (χ1n) is 9.52. The predicted octanol–water partition coefficient (Wildman–Crippen LogP) is 2.75. The Hall–Kier alpha value is -2.51. The molecule has 1 aromatic carbocycles. The summed E-state index contributed by atoms with van der Waals surface area (Å²) in [6.45, 7) is 0.415. The van der Waals surface area contributed by atoms with E-state index >= 15 is 0 Å². The van der Waals surface area contributed by atoms with Gasteiger partial charge in [0, 0.05) is 25.8 Å². The van der Waals surface area contributed by atoms with Crippen molar-refractivity contribution in [3.63, 3.8) is 0 Å². The highest BCUT2D eigenvalue weighted by molar-refractivity contribution is 5.91. The van der Waals surface area contributed by atoms with Crippen molar-refractivity contribution >= 4 is 17.8 Å². The van der Waals surface area contributed by atoms with Crippen LogP contribution < -0.4 is 5.32 Å². The Labute approximate surface area is 161 Å². The summed E-state index contributed by atoms with van der Waals surface area (Å²) in [6, 6.07) is 6.51. The second kappa shape index (κ2) is 8.24. The average Bonchev–Trinajstić information content (AvgIpc) is 2.62. The third-order valence-corrected chi connectivity index (χ3v) is 5.39. The fourth-order valence-electron chi connectivity index (χ4n) is 3.96. The van der Waals surface area contributed by atoms with Crippen molar-refractivity contribution in [1.29, 1.82) is 0 Å². The molecule has 1 aliphatic carbocycles. The zero-order valence-corrected chi connectivity index (χ0v) is 15.4. The topological polar surface area (TPSA) is 86.7 Å². The van der Waals surface area contributed by atoms with Crippen LogP contribution in [0.25, 0.3) is 0 Å². The molecular weight excluding hydrogens is 370 g/mol. The van der Waals surface area contributed by atoms with Crippen LogP contribution in [0.1, 0.15) is 50.1 Å². The SMILES string of the molecule is O=C(O)C(CC1CC(F)(F)C1)NC(=O)C(c1ccccc1)N1CCCCC1=O. The van der Waals surface area contributed by atoms with E-state index in [-0.39, 0.29) is 25.2 Å². The van der Waals surface area contributed by atoms with E-state index in [9.17, 15) is 28.3 Å². The minimum absolute atomic E-state index is 0.0495. The fourth-order valence-corrected chi connectivity index (χ4v) is 3.96. The summed E-state index contributed by atoms with van der Waals surface area (Å²) >= 11 is 0. The highest BCUT2D eigenvalue weighted by Crippen LogP contribution is 2.44. The van der Waals surface area contributed by atoms with Gasteiger partial charge in [0.15, 0.2) is 0 Å². The van der Waals surface area contributed by atoms with Gasteiger partial charge in [0.2, 0.25) is 17.7 Å². The first-order chi connectivity index (χ1) is 13.3. The molecule has 28 heavy (non-hydrogen) atoms. The lowest BCUT2D eigenvalue weighted by Crippen LogP contribution is -2.51. The third kappa shape index (κ3) is 4.66. The number of nitrogens with zero attached hydrogens (tertiary/aromatic N) is 1. The van der Waals surface area contributed by atoms with Crippen LogP contribution in [0.4, 0.5) is 8.78 Å². The summed E-state index contributed by atoms with van der Waals surface area (Å²) < 4.78 is 26.1. The summed E-state index contributed by atoms with van der Waals surface area (Å²) in [5.74, 6) is -5.20. The normalized spacial score (nSPS) is 21.5. The number of amides is 2. The Morgan fingerprint density at radius 2 is 1.89 bits per heavy atom. The molecular formula is C20H24F2N2O4. The Kier molecular flexibility index (Phi) is 5.96. The Bertz CT molecular complexity index is 733. The molecule has 8 heteroatoms. The fraction of sp³-hybridized carbons (Fsp3) is 0.550. The van der Waals surface area contributed by atoms with Crippen molar-refractivity contribution in [3.05, 3.63) is 35.9 Å². The summed E-state index contributed by atoms with van der Waals surface area (Å²) in [5, 5.41) is 11.9. The zero-order valence-electron chi connectivity index (χ0n) is 15.4. The molecule has 1 aliphatic heterocycles.